The van der Waals surface area contributed by atoms with Crippen molar-refractivity contribution in [2.24, 2.45) is 0 Å². The second kappa shape index (κ2) is 8.39. The number of nitrogens with one attached hydrogen (secondary N) is 1. The molecule has 1 aliphatic heterocycles. The standard InChI is InChI=1S/C17H22N6O2/c1-25-12-7-18-16(24)15-4-3-14(13-21-15)22-8-10-23(11-9-22)17-19-5-2-6-20-17/h2-6,13H,7-12H2,1H3,(H,18,24). The summed E-state index contributed by atoms with van der Waals surface area (Å²) in [7, 11) is 1.60. The van der Waals surface area contributed by atoms with Gasteiger partial charge in [0.05, 0.1) is 18.5 Å². The molecule has 1 amide bonds. The summed E-state index contributed by atoms with van der Waals surface area (Å²) in [6.07, 6.45) is 5.27. The average molecular weight is 342 g/mol. The molecule has 0 aromatic carbocycles. The molecule has 1 aliphatic rings. The van der Waals surface area contributed by atoms with Gasteiger partial charge in [-0.3, -0.25) is 4.79 Å². The molecule has 2 aromatic heterocycles. The molecule has 1 N–H and O–H groups in total. The number of piperazine rings is 1. The second-order valence-corrected chi connectivity index (χ2v) is 5.67. The first-order chi connectivity index (χ1) is 12.3. The normalized spacial score (nSPS) is 14.4. The predicted octanol–water partition coefficient (Wildman–Crippen LogP) is 0.574. The van der Waals surface area contributed by atoms with Gasteiger partial charge in [-0.2, -0.15) is 0 Å². The SMILES string of the molecule is COCCNC(=O)c1ccc(N2CCN(c3ncccn3)CC2)cn1. The van der Waals surface area contributed by atoms with Gasteiger partial charge in [0.2, 0.25) is 5.95 Å². The largest absolute Gasteiger partial charge is 0.383 e. The fraction of sp³-hybridized carbons (Fsp3) is 0.412. The molecule has 25 heavy (non-hydrogen) atoms. The van der Waals surface area contributed by atoms with E-state index in [0.717, 1.165) is 37.8 Å². The van der Waals surface area contributed by atoms with Gasteiger partial charge in [0.1, 0.15) is 5.69 Å². The minimum atomic E-state index is -0.186. The molecular weight excluding hydrogens is 320 g/mol. The van der Waals surface area contributed by atoms with Gasteiger partial charge in [-0.1, -0.05) is 0 Å². The van der Waals surface area contributed by atoms with E-state index in [2.05, 4.69) is 30.1 Å². The fourth-order valence-electron chi connectivity index (χ4n) is 2.68. The predicted molar refractivity (Wildman–Crippen MR) is 94.9 cm³/mol. The molecule has 8 nitrogen and oxygen atoms in total. The number of hydrogen-bond donors (Lipinski definition) is 1. The maximum absolute atomic E-state index is 11.9. The van der Waals surface area contributed by atoms with Gasteiger partial charge in [-0.15, -0.1) is 0 Å². The second-order valence-electron chi connectivity index (χ2n) is 5.67. The van der Waals surface area contributed by atoms with Crippen LogP contribution in [0.4, 0.5) is 11.6 Å². The number of ether oxygens (including phenoxy) is 1. The minimum absolute atomic E-state index is 0.186. The summed E-state index contributed by atoms with van der Waals surface area (Å²) in [5, 5.41) is 2.76. The van der Waals surface area contributed by atoms with Crippen LogP contribution in [0, 0.1) is 0 Å². The number of pyridine rings is 1. The summed E-state index contributed by atoms with van der Waals surface area (Å²) in [6.45, 7) is 4.38. The van der Waals surface area contributed by atoms with Crippen LogP contribution in [-0.2, 0) is 4.74 Å². The third-order valence-corrected chi connectivity index (χ3v) is 4.05. The summed E-state index contributed by atoms with van der Waals surface area (Å²) in [6, 6.07) is 5.51. The third-order valence-electron chi connectivity index (χ3n) is 4.05. The van der Waals surface area contributed by atoms with Crippen molar-refractivity contribution in [2.75, 3.05) is 56.2 Å². The van der Waals surface area contributed by atoms with Crippen molar-refractivity contribution in [2.45, 2.75) is 0 Å². The van der Waals surface area contributed by atoms with Crippen LogP contribution in [0.3, 0.4) is 0 Å². The van der Waals surface area contributed by atoms with E-state index in [1.165, 1.54) is 0 Å². The molecule has 3 heterocycles. The number of nitrogens with zero attached hydrogens (tertiary/aromatic N) is 5. The van der Waals surface area contributed by atoms with E-state index in [1.807, 2.05) is 12.1 Å². The number of amides is 1. The zero-order valence-electron chi connectivity index (χ0n) is 14.3. The van der Waals surface area contributed by atoms with Gasteiger partial charge in [-0.25, -0.2) is 15.0 Å². The molecule has 1 saturated heterocycles. The lowest BCUT2D eigenvalue weighted by atomic mass is 10.2. The Bertz CT molecular complexity index is 671. The fourth-order valence-corrected chi connectivity index (χ4v) is 2.68. The first-order valence-corrected chi connectivity index (χ1v) is 8.28. The molecular formula is C17H22N6O2. The Morgan fingerprint density at radius 3 is 2.48 bits per heavy atom. The van der Waals surface area contributed by atoms with E-state index in [0.29, 0.717) is 18.8 Å². The van der Waals surface area contributed by atoms with Gasteiger partial charge in [0, 0.05) is 52.2 Å². The molecule has 3 rings (SSSR count). The van der Waals surface area contributed by atoms with Gasteiger partial charge in [0.15, 0.2) is 0 Å². The van der Waals surface area contributed by atoms with Crippen LogP contribution >= 0.6 is 0 Å². The molecule has 2 aromatic rings. The van der Waals surface area contributed by atoms with Crippen LogP contribution in [0.1, 0.15) is 10.5 Å². The van der Waals surface area contributed by atoms with Crippen LogP contribution in [0.2, 0.25) is 0 Å². The third kappa shape index (κ3) is 4.42. The van der Waals surface area contributed by atoms with E-state index < -0.39 is 0 Å². The van der Waals surface area contributed by atoms with Gasteiger partial charge < -0.3 is 19.9 Å². The number of aromatic nitrogens is 3. The number of anilines is 2. The Morgan fingerprint density at radius 1 is 1.12 bits per heavy atom. The van der Waals surface area contributed by atoms with Gasteiger partial charge in [0.25, 0.3) is 5.91 Å². The highest BCUT2D eigenvalue weighted by atomic mass is 16.5. The molecule has 0 radical (unpaired) electrons. The van der Waals surface area contributed by atoms with Crippen molar-refractivity contribution in [3.8, 4) is 0 Å². The molecule has 0 spiro atoms. The Kier molecular flexibility index (Phi) is 5.73. The maximum Gasteiger partial charge on any atom is 0.269 e. The number of rotatable bonds is 6. The highest BCUT2D eigenvalue weighted by Crippen LogP contribution is 2.17. The van der Waals surface area contributed by atoms with Crippen molar-refractivity contribution in [3.63, 3.8) is 0 Å². The topological polar surface area (TPSA) is 83.5 Å². The highest BCUT2D eigenvalue weighted by Gasteiger charge is 2.19. The molecule has 0 aliphatic carbocycles. The summed E-state index contributed by atoms with van der Waals surface area (Å²) in [5.41, 5.74) is 1.43. The molecule has 0 atom stereocenters. The van der Waals surface area contributed by atoms with Crippen LogP contribution in [0.15, 0.2) is 36.8 Å². The Morgan fingerprint density at radius 2 is 1.84 bits per heavy atom. The maximum atomic E-state index is 11.9. The van der Waals surface area contributed by atoms with Gasteiger partial charge in [-0.05, 0) is 18.2 Å². The molecule has 0 bridgehead atoms. The molecule has 1 fully saturated rings. The molecule has 132 valence electrons. The molecule has 0 unspecified atom stereocenters. The summed E-state index contributed by atoms with van der Waals surface area (Å²) in [4.78, 5) is 29.2. The van der Waals surface area contributed by atoms with Crippen LogP contribution in [0.25, 0.3) is 0 Å². The lowest BCUT2D eigenvalue weighted by Crippen LogP contribution is -2.47. The van der Waals surface area contributed by atoms with Crippen LogP contribution < -0.4 is 15.1 Å². The summed E-state index contributed by atoms with van der Waals surface area (Å²) >= 11 is 0. The zero-order chi connectivity index (χ0) is 17.5. The van der Waals surface area contributed by atoms with Gasteiger partial charge >= 0.3 is 0 Å². The zero-order valence-corrected chi connectivity index (χ0v) is 14.3. The quantitative estimate of drug-likeness (QED) is 0.769. The number of hydrogen-bond acceptors (Lipinski definition) is 7. The first-order valence-electron chi connectivity index (χ1n) is 8.28. The Labute approximate surface area is 146 Å². The first kappa shape index (κ1) is 17.1. The van der Waals surface area contributed by atoms with Crippen molar-refractivity contribution in [3.05, 3.63) is 42.5 Å². The smallest absolute Gasteiger partial charge is 0.269 e. The van der Waals surface area contributed by atoms with Crippen molar-refractivity contribution in [1.82, 2.24) is 20.3 Å². The number of carbonyl (C=O) groups is 1. The van der Waals surface area contributed by atoms with E-state index in [-0.39, 0.29) is 5.91 Å². The average Bonchev–Trinajstić information content (AvgIpc) is 2.69. The van der Waals surface area contributed by atoms with E-state index in [1.54, 1.807) is 31.8 Å². The lowest BCUT2D eigenvalue weighted by molar-refractivity contribution is 0.0932. The van der Waals surface area contributed by atoms with Crippen molar-refractivity contribution in [1.29, 1.82) is 0 Å². The highest BCUT2D eigenvalue weighted by molar-refractivity contribution is 5.92. The molecule has 8 heteroatoms. The summed E-state index contributed by atoms with van der Waals surface area (Å²) < 4.78 is 4.91. The minimum Gasteiger partial charge on any atom is -0.383 e. The van der Waals surface area contributed by atoms with E-state index in [9.17, 15) is 4.79 Å². The van der Waals surface area contributed by atoms with Crippen molar-refractivity contribution < 1.29 is 9.53 Å². The number of carbonyl (C=O) groups excluding carboxylic acids is 1. The van der Waals surface area contributed by atoms with Crippen molar-refractivity contribution >= 4 is 17.5 Å². The Balaban J connectivity index is 1.54. The lowest BCUT2D eigenvalue weighted by Gasteiger charge is -2.35. The number of methoxy groups -OCH3 is 1. The van der Waals surface area contributed by atoms with E-state index >= 15 is 0 Å². The summed E-state index contributed by atoms with van der Waals surface area (Å²) in [5.74, 6) is 0.581. The Hall–Kier alpha value is -2.74. The van der Waals surface area contributed by atoms with Crippen LogP contribution in [0.5, 0.6) is 0 Å². The van der Waals surface area contributed by atoms with E-state index in [4.69, 9.17) is 4.74 Å². The monoisotopic (exact) mass is 342 g/mol. The molecule has 0 saturated carbocycles. The van der Waals surface area contributed by atoms with Crippen LogP contribution in [-0.4, -0.2) is 67.3 Å².